The maximum Gasteiger partial charge on any atom is 0.246 e. The highest BCUT2D eigenvalue weighted by Crippen LogP contribution is 2.51. The van der Waals surface area contributed by atoms with Gasteiger partial charge in [0.25, 0.3) is 0 Å². The molecule has 11 heteroatoms. The van der Waals surface area contributed by atoms with Crippen LogP contribution in [0.25, 0.3) is 10.9 Å². The largest absolute Gasteiger partial charge is 0.493 e. The van der Waals surface area contributed by atoms with Gasteiger partial charge in [0.05, 0.1) is 36.8 Å². The van der Waals surface area contributed by atoms with Crippen molar-refractivity contribution in [1.29, 1.82) is 0 Å². The third-order valence-corrected chi connectivity index (χ3v) is 7.22. The van der Waals surface area contributed by atoms with Gasteiger partial charge < -0.3 is 24.8 Å². The van der Waals surface area contributed by atoms with Gasteiger partial charge in [0.15, 0.2) is 23.1 Å². The molecule has 2 N–H and O–H groups in total. The number of fused-ring (bicyclic) bond motifs is 1. The molecule has 0 radical (unpaired) electrons. The number of halogens is 2. The van der Waals surface area contributed by atoms with E-state index in [2.05, 4.69) is 23.4 Å². The molecule has 198 valence electrons. The van der Waals surface area contributed by atoms with Gasteiger partial charge in [-0.15, -0.1) is 0 Å². The molecule has 1 atom stereocenters. The van der Waals surface area contributed by atoms with Crippen LogP contribution in [0.4, 0.5) is 14.6 Å². The fourth-order valence-electron chi connectivity index (χ4n) is 4.96. The number of nitrogen functional groups attached to an aromatic ring is 1. The zero-order valence-electron chi connectivity index (χ0n) is 21.3. The Morgan fingerprint density at radius 1 is 1.21 bits per heavy atom. The van der Waals surface area contributed by atoms with Gasteiger partial charge in [-0.05, 0) is 31.3 Å². The first kappa shape index (κ1) is 25.5. The Morgan fingerprint density at radius 3 is 2.47 bits per heavy atom. The topological polar surface area (TPSA) is 105 Å². The van der Waals surface area contributed by atoms with Crippen LogP contribution in [0.15, 0.2) is 24.9 Å². The van der Waals surface area contributed by atoms with Crippen LogP contribution in [-0.2, 0) is 15.1 Å². The van der Waals surface area contributed by atoms with E-state index in [1.807, 2.05) is 0 Å². The second-order valence-electron chi connectivity index (χ2n) is 9.24. The van der Waals surface area contributed by atoms with E-state index < -0.39 is 22.8 Å². The molecular formula is C27H27F2N5O4. The van der Waals surface area contributed by atoms with Crippen LogP contribution < -0.4 is 15.2 Å². The Hall–Kier alpha value is -4.17. The summed E-state index contributed by atoms with van der Waals surface area (Å²) in [7, 11) is 4.17. The van der Waals surface area contributed by atoms with E-state index in [0.717, 1.165) is 24.5 Å². The minimum Gasteiger partial charge on any atom is -0.493 e. The van der Waals surface area contributed by atoms with Crippen LogP contribution in [0, 0.1) is 23.5 Å². The molecule has 1 aromatic carbocycles. The lowest BCUT2D eigenvalue weighted by Gasteiger charge is -2.19. The number of hydrogen-bond acceptors (Lipinski definition) is 7. The Kier molecular flexibility index (Phi) is 6.44. The van der Waals surface area contributed by atoms with Crippen LogP contribution in [0.1, 0.15) is 42.1 Å². The van der Waals surface area contributed by atoms with Crippen LogP contribution in [0.2, 0.25) is 0 Å². The monoisotopic (exact) mass is 523 g/mol. The van der Waals surface area contributed by atoms with Crippen LogP contribution in [0.3, 0.4) is 0 Å². The summed E-state index contributed by atoms with van der Waals surface area (Å²) in [5.41, 5.74) is 6.96. The lowest BCUT2D eigenvalue weighted by molar-refractivity contribution is -0.125. The Bertz CT molecular complexity index is 1490. The predicted octanol–water partition coefficient (Wildman–Crippen LogP) is 3.30. The number of nitrogens with two attached hydrogens (primary N) is 1. The van der Waals surface area contributed by atoms with Crippen LogP contribution in [0.5, 0.6) is 11.5 Å². The second kappa shape index (κ2) is 9.61. The molecule has 1 saturated carbocycles. The molecule has 9 nitrogen and oxygen atoms in total. The van der Waals surface area contributed by atoms with E-state index in [4.69, 9.17) is 25.0 Å². The normalized spacial score (nSPS) is 17.7. The van der Waals surface area contributed by atoms with E-state index in [1.165, 1.54) is 20.3 Å². The van der Waals surface area contributed by atoms with E-state index in [0.29, 0.717) is 30.4 Å². The van der Waals surface area contributed by atoms with Gasteiger partial charge in [0.1, 0.15) is 17.1 Å². The van der Waals surface area contributed by atoms with Crippen LogP contribution in [-0.4, -0.2) is 60.0 Å². The van der Waals surface area contributed by atoms with Gasteiger partial charge in [-0.3, -0.25) is 9.48 Å². The standard InChI is InChI=1S/C27H27F2N5O4/c1-5-21(35)33-11-8-15(14-33)34-25-17(27(38-4)9-10-27)13-31-26(30)22(25)18(32-34)7-6-16-23(28)19(36-2)12-20(37-3)24(16)29/h5,12-13,15H,1,8-11,14H2,2-4H3,(H2,30,31). The summed E-state index contributed by atoms with van der Waals surface area (Å²) in [5, 5.41) is 5.20. The number of carbonyl (C=O) groups excluding carboxylic acids is 1. The third kappa shape index (κ3) is 4.01. The quantitative estimate of drug-likeness (QED) is 0.391. The number of amides is 1. The molecule has 3 aromatic rings. The second-order valence-corrected chi connectivity index (χ2v) is 9.24. The predicted molar refractivity (Wildman–Crippen MR) is 136 cm³/mol. The maximum atomic E-state index is 15.0. The summed E-state index contributed by atoms with van der Waals surface area (Å²) < 4.78 is 47.6. The van der Waals surface area contributed by atoms with Gasteiger partial charge in [-0.25, -0.2) is 13.8 Å². The molecule has 2 fully saturated rings. The number of anilines is 1. The maximum absolute atomic E-state index is 15.0. The average molecular weight is 524 g/mol. The minimum absolute atomic E-state index is 0.168. The van der Waals surface area contributed by atoms with Crippen molar-refractivity contribution < 1.29 is 27.8 Å². The molecule has 1 unspecified atom stereocenters. The number of rotatable bonds is 6. The van der Waals surface area contributed by atoms with Crippen molar-refractivity contribution >= 4 is 22.6 Å². The highest BCUT2D eigenvalue weighted by Gasteiger charge is 2.47. The fourth-order valence-corrected chi connectivity index (χ4v) is 4.96. The van der Waals surface area contributed by atoms with E-state index in [-0.39, 0.29) is 35.0 Å². The van der Waals surface area contributed by atoms with Crippen molar-refractivity contribution in [2.75, 3.05) is 40.2 Å². The van der Waals surface area contributed by atoms with Gasteiger partial charge in [0.2, 0.25) is 5.91 Å². The third-order valence-electron chi connectivity index (χ3n) is 7.22. The molecule has 1 aliphatic carbocycles. The number of methoxy groups -OCH3 is 3. The Labute approximate surface area is 218 Å². The molecule has 0 spiro atoms. The molecule has 1 aliphatic heterocycles. The number of aromatic nitrogens is 3. The van der Waals surface area contributed by atoms with Crippen molar-refractivity contribution in [1.82, 2.24) is 19.7 Å². The average Bonchev–Trinajstić information content (AvgIpc) is 3.39. The number of carbonyl (C=O) groups is 1. The SMILES string of the molecule is C=CC(=O)N1CCC(n2nc(C#Cc3c(F)c(OC)cc(OC)c3F)c3c(N)ncc(C4(OC)CC4)c32)C1. The van der Waals surface area contributed by atoms with Gasteiger partial charge in [-0.2, -0.15) is 5.10 Å². The Balaban J connectivity index is 1.71. The zero-order valence-corrected chi connectivity index (χ0v) is 21.3. The van der Waals surface area contributed by atoms with Crippen molar-refractivity contribution in [3.63, 3.8) is 0 Å². The molecule has 3 heterocycles. The first-order valence-electron chi connectivity index (χ1n) is 12.0. The highest BCUT2D eigenvalue weighted by molar-refractivity contribution is 5.96. The van der Waals surface area contributed by atoms with Crippen molar-refractivity contribution in [3.05, 3.63) is 53.4 Å². The molecule has 5 rings (SSSR count). The molecule has 2 aromatic heterocycles. The van der Waals surface area contributed by atoms with E-state index in [9.17, 15) is 13.6 Å². The van der Waals surface area contributed by atoms with E-state index >= 15 is 0 Å². The number of benzene rings is 1. The molecule has 1 amide bonds. The summed E-state index contributed by atoms with van der Waals surface area (Å²) in [4.78, 5) is 18.3. The summed E-state index contributed by atoms with van der Waals surface area (Å²) >= 11 is 0. The number of hydrogen-bond donors (Lipinski definition) is 1. The van der Waals surface area contributed by atoms with Gasteiger partial charge in [0, 0.05) is 38.0 Å². The fraction of sp³-hybridized carbons (Fsp3) is 0.370. The Morgan fingerprint density at radius 2 is 1.89 bits per heavy atom. The van der Waals surface area contributed by atoms with E-state index in [1.54, 1.807) is 22.9 Å². The number of pyridine rings is 1. The molecule has 38 heavy (non-hydrogen) atoms. The number of nitrogens with zero attached hydrogens (tertiary/aromatic N) is 4. The summed E-state index contributed by atoms with van der Waals surface area (Å²) in [6.07, 6.45) is 5.19. The summed E-state index contributed by atoms with van der Waals surface area (Å²) in [6.45, 7) is 4.51. The van der Waals surface area contributed by atoms with Gasteiger partial charge in [-0.1, -0.05) is 12.5 Å². The van der Waals surface area contributed by atoms with Crippen molar-refractivity contribution in [2.24, 2.45) is 0 Å². The summed E-state index contributed by atoms with van der Waals surface area (Å²) in [5.74, 6) is 3.04. The molecular weight excluding hydrogens is 496 g/mol. The number of ether oxygens (including phenoxy) is 3. The van der Waals surface area contributed by atoms with Crippen LogP contribution >= 0.6 is 0 Å². The molecule has 2 aliphatic rings. The number of likely N-dealkylation sites (tertiary alicyclic amines) is 1. The molecule has 0 bridgehead atoms. The first-order valence-corrected chi connectivity index (χ1v) is 12.0. The first-order chi connectivity index (χ1) is 18.3. The van der Waals surface area contributed by atoms with Crippen molar-refractivity contribution in [2.45, 2.75) is 30.9 Å². The minimum atomic E-state index is -0.959. The highest BCUT2D eigenvalue weighted by atomic mass is 19.1. The lowest BCUT2D eigenvalue weighted by atomic mass is 10.0. The summed E-state index contributed by atoms with van der Waals surface area (Å²) in [6, 6.07) is 0.931. The lowest BCUT2D eigenvalue weighted by Crippen LogP contribution is -2.27. The van der Waals surface area contributed by atoms with Gasteiger partial charge >= 0.3 is 0 Å². The van der Waals surface area contributed by atoms with Crippen molar-refractivity contribution in [3.8, 4) is 23.3 Å². The smallest absolute Gasteiger partial charge is 0.246 e. The molecule has 1 saturated heterocycles. The zero-order chi connectivity index (χ0) is 27.2.